The predicted octanol–water partition coefficient (Wildman–Crippen LogP) is 8.66. The Hall–Kier alpha value is -3.01. The lowest BCUT2D eigenvalue weighted by molar-refractivity contribution is -0.121. The van der Waals surface area contributed by atoms with Crippen molar-refractivity contribution in [1.82, 2.24) is 10.3 Å². The number of fused-ring (bicyclic) bond motifs is 1. The molecular formula is C30H50N2O2. The van der Waals surface area contributed by atoms with Crippen LogP contribution in [-0.2, 0) is 11.2 Å². The van der Waals surface area contributed by atoms with Gasteiger partial charge < -0.3 is 15.4 Å². The van der Waals surface area contributed by atoms with Gasteiger partial charge in [-0.15, -0.1) is 26.3 Å². The van der Waals surface area contributed by atoms with Gasteiger partial charge in [-0.1, -0.05) is 51.0 Å². The molecule has 1 amide bonds. The maximum atomic E-state index is 11.3. The number of benzene rings is 1. The molecule has 0 aliphatic heterocycles. The van der Waals surface area contributed by atoms with Crippen LogP contribution >= 0.6 is 0 Å². The van der Waals surface area contributed by atoms with Crippen molar-refractivity contribution in [2.75, 3.05) is 6.54 Å². The maximum absolute atomic E-state index is 11.3. The van der Waals surface area contributed by atoms with E-state index < -0.39 is 0 Å². The van der Waals surface area contributed by atoms with Crippen LogP contribution in [-0.4, -0.2) is 22.5 Å². The van der Waals surface area contributed by atoms with E-state index in [2.05, 4.69) is 43.5 Å². The number of rotatable bonds is 9. The van der Waals surface area contributed by atoms with Crippen LogP contribution < -0.4 is 5.32 Å². The number of H-pyrrole nitrogens is 1. The summed E-state index contributed by atoms with van der Waals surface area (Å²) in [5, 5.41) is 13.4. The van der Waals surface area contributed by atoms with Gasteiger partial charge >= 0.3 is 0 Å². The summed E-state index contributed by atoms with van der Waals surface area (Å²) in [4.78, 5) is 14.5. The van der Waals surface area contributed by atoms with Gasteiger partial charge in [0.15, 0.2) is 0 Å². The summed E-state index contributed by atoms with van der Waals surface area (Å²) in [6.07, 6.45) is 16.5. The molecule has 3 N–H and O–H groups in total. The van der Waals surface area contributed by atoms with Gasteiger partial charge in [0.2, 0.25) is 5.91 Å². The molecule has 4 nitrogen and oxygen atoms in total. The first kappa shape index (κ1) is 35.6. The van der Waals surface area contributed by atoms with E-state index in [0.717, 1.165) is 29.3 Å². The number of carbonyl (C=O) groups excluding carboxylic acids is 1. The highest BCUT2D eigenvalue weighted by Crippen LogP contribution is 2.22. The number of aromatic amines is 1. The number of aromatic nitrogens is 1. The molecule has 2 aromatic rings. The molecule has 0 atom stereocenters. The van der Waals surface area contributed by atoms with Crippen LogP contribution in [0.3, 0.4) is 0 Å². The van der Waals surface area contributed by atoms with Crippen LogP contribution in [0.5, 0.6) is 5.75 Å². The number of hydrogen-bond donors (Lipinski definition) is 3. The van der Waals surface area contributed by atoms with Crippen LogP contribution in [0.1, 0.15) is 78.7 Å². The Labute approximate surface area is 209 Å². The molecule has 0 unspecified atom stereocenters. The fraction of sp³-hybridized carbons (Fsp3) is 0.433. The Bertz CT molecular complexity index is 761. The summed E-state index contributed by atoms with van der Waals surface area (Å²) >= 11 is 0. The quantitative estimate of drug-likeness (QED) is 0.253. The fourth-order valence-corrected chi connectivity index (χ4v) is 2.56. The highest BCUT2D eigenvalue weighted by Gasteiger charge is 2.05. The summed E-state index contributed by atoms with van der Waals surface area (Å²) in [5.74, 6) is 0.360. The second kappa shape index (κ2) is 28.0. The minimum atomic E-state index is 0.0974. The van der Waals surface area contributed by atoms with Crippen molar-refractivity contribution in [3.63, 3.8) is 0 Å². The Morgan fingerprint density at radius 3 is 2.09 bits per heavy atom. The van der Waals surface area contributed by atoms with Crippen molar-refractivity contribution < 1.29 is 9.90 Å². The Kier molecular flexibility index (Phi) is 29.3. The third-order valence-corrected chi connectivity index (χ3v) is 3.96. The van der Waals surface area contributed by atoms with Gasteiger partial charge in [-0.3, -0.25) is 4.79 Å². The Balaban J connectivity index is -0.000000497. The number of hydrogen-bond acceptors (Lipinski definition) is 2. The highest BCUT2D eigenvalue weighted by molar-refractivity contribution is 5.84. The van der Waals surface area contributed by atoms with Crippen LogP contribution in [0.15, 0.2) is 75.0 Å². The van der Waals surface area contributed by atoms with Crippen LogP contribution in [0, 0.1) is 0 Å². The number of unbranched alkanes of at least 4 members (excludes halogenated alkanes) is 3. The maximum Gasteiger partial charge on any atom is 0.219 e. The molecule has 0 fully saturated rings. The van der Waals surface area contributed by atoms with Crippen molar-refractivity contribution in [1.29, 1.82) is 0 Å². The van der Waals surface area contributed by atoms with Crippen molar-refractivity contribution >= 4 is 16.8 Å². The number of phenolic OH excluding ortho intramolecular Hbond substituents is 1. The zero-order valence-electron chi connectivity index (χ0n) is 22.5. The summed E-state index contributed by atoms with van der Waals surface area (Å²) in [7, 11) is 0. The van der Waals surface area contributed by atoms with E-state index >= 15 is 0 Å². The SMILES string of the molecule is C=CC.C=CC.C=CC.C=CCCCCC.CCCC(=O)NCCc1c[nH]c2ccc(O)cc12. The van der Waals surface area contributed by atoms with E-state index in [1.54, 1.807) is 30.4 Å². The number of aromatic hydroxyl groups is 1. The lowest BCUT2D eigenvalue weighted by Gasteiger charge is -2.03. The minimum Gasteiger partial charge on any atom is -0.508 e. The summed E-state index contributed by atoms with van der Waals surface area (Å²) < 4.78 is 0. The zero-order valence-corrected chi connectivity index (χ0v) is 22.5. The second-order valence-electron chi connectivity index (χ2n) is 7.40. The van der Waals surface area contributed by atoms with Gasteiger partial charge in [0.05, 0.1) is 0 Å². The predicted molar refractivity (Wildman–Crippen MR) is 154 cm³/mol. The molecule has 1 heterocycles. The van der Waals surface area contributed by atoms with Crippen molar-refractivity contribution in [3.05, 3.63) is 80.6 Å². The lowest BCUT2D eigenvalue weighted by Crippen LogP contribution is -2.25. The van der Waals surface area contributed by atoms with Crippen molar-refractivity contribution in [2.45, 2.75) is 79.6 Å². The number of nitrogens with one attached hydrogen (secondary N) is 2. The smallest absolute Gasteiger partial charge is 0.219 e. The minimum absolute atomic E-state index is 0.0974. The zero-order chi connectivity index (χ0) is 26.6. The fourth-order valence-electron chi connectivity index (χ4n) is 2.56. The average Bonchev–Trinajstić information content (AvgIpc) is 3.18. The van der Waals surface area contributed by atoms with Crippen LogP contribution in [0.25, 0.3) is 10.9 Å². The van der Waals surface area contributed by atoms with Gasteiger partial charge in [0, 0.05) is 30.1 Å². The second-order valence-corrected chi connectivity index (χ2v) is 7.40. The summed E-state index contributed by atoms with van der Waals surface area (Å²) in [5.41, 5.74) is 2.11. The first-order valence-corrected chi connectivity index (χ1v) is 12.2. The van der Waals surface area contributed by atoms with Crippen molar-refractivity contribution in [2.24, 2.45) is 0 Å². The number of amides is 1. The van der Waals surface area contributed by atoms with E-state index in [1.165, 1.54) is 25.7 Å². The van der Waals surface area contributed by atoms with Gasteiger partial charge in [0.25, 0.3) is 0 Å². The molecule has 2 rings (SSSR count). The molecule has 34 heavy (non-hydrogen) atoms. The van der Waals surface area contributed by atoms with E-state index in [0.29, 0.717) is 13.0 Å². The van der Waals surface area contributed by atoms with E-state index in [-0.39, 0.29) is 11.7 Å². The number of phenols is 1. The van der Waals surface area contributed by atoms with Gasteiger partial charge in [-0.05, 0) is 70.2 Å². The van der Waals surface area contributed by atoms with Gasteiger partial charge in [-0.2, -0.15) is 0 Å². The Morgan fingerprint density at radius 1 is 1.00 bits per heavy atom. The number of carbonyl (C=O) groups is 1. The normalized spacial score (nSPS) is 8.62. The molecule has 0 bridgehead atoms. The van der Waals surface area contributed by atoms with Gasteiger partial charge in [0.1, 0.15) is 5.75 Å². The topological polar surface area (TPSA) is 65.1 Å². The third-order valence-electron chi connectivity index (χ3n) is 3.96. The third kappa shape index (κ3) is 22.2. The molecule has 0 saturated heterocycles. The first-order chi connectivity index (χ1) is 16.4. The molecule has 0 spiro atoms. The van der Waals surface area contributed by atoms with Crippen LogP contribution in [0.2, 0.25) is 0 Å². The molecule has 1 aromatic heterocycles. The largest absolute Gasteiger partial charge is 0.508 e. The summed E-state index contributed by atoms with van der Waals surface area (Å²) in [6, 6.07) is 5.25. The summed E-state index contributed by atoms with van der Waals surface area (Å²) in [6.45, 7) is 24.2. The average molecular weight is 471 g/mol. The van der Waals surface area contributed by atoms with Gasteiger partial charge in [-0.25, -0.2) is 0 Å². The molecule has 4 heteroatoms. The standard InChI is InChI=1S/C14H18N2O2.C7H14.3C3H6/c1-2-3-14(18)15-7-6-10-9-16-13-5-4-11(17)8-12(10)13;1-3-5-7-6-4-2;3*1-3-2/h4-5,8-9,16-17H,2-3,6-7H2,1H3,(H,15,18);3H,1,4-7H2,2H3;3*3H,1H2,2H3. The number of allylic oxidation sites excluding steroid dienone is 4. The van der Waals surface area contributed by atoms with E-state index in [9.17, 15) is 9.90 Å². The molecule has 192 valence electrons. The monoisotopic (exact) mass is 470 g/mol. The molecule has 0 radical (unpaired) electrons. The van der Waals surface area contributed by atoms with E-state index in [1.807, 2.05) is 46.0 Å². The van der Waals surface area contributed by atoms with E-state index in [4.69, 9.17) is 0 Å². The van der Waals surface area contributed by atoms with Crippen molar-refractivity contribution in [3.8, 4) is 5.75 Å². The molecule has 0 saturated carbocycles. The molecule has 0 aliphatic rings. The molecule has 1 aromatic carbocycles. The lowest BCUT2D eigenvalue weighted by atomic mass is 10.1. The Morgan fingerprint density at radius 2 is 1.59 bits per heavy atom. The molecule has 0 aliphatic carbocycles. The van der Waals surface area contributed by atoms with Crippen LogP contribution in [0.4, 0.5) is 0 Å². The highest BCUT2D eigenvalue weighted by atomic mass is 16.3. The molecular weight excluding hydrogens is 420 g/mol. The first-order valence-electron chi connectivity index (χ1n) is 12.2.